The Morgan fingerprint density at radius 1 is 0.686 bits per heavy atom. The van der Waals surface area contributed by atoms with Gasteiger partial charge in [0.05, 0.1) is 0 Å². The molecule has 2 nitrogen and oxygen atoms in total. The molecule has 1 aliphatic carbocycles. The second-order valence-electron chi connectivity index (χ2n) is 11.1. The van der Waals surface area contributed by atoms with Gasteiger partial charge in [-0.3, -0.25) is 9.80 Å². The average Bonchev–Trinajstić information content (AvgIpc) is 3.10. The first-order valence-corrected chi connectivity index (χ1v) is 13.8. The van der Waals surface area contributed by atoms with Crippen molar-refractivity contribution in [2.75, 3.05) is 26.2 Å². The first-order valence-electron chi connectivity index (χ1n) is 13.8. The fraction of sp³-hybridized carbons (Fsp3) is 0.455. The number of piperazine rings is 1. The summed E-state index contributed by atoms with van der Waals surface area (Å²) in [6.45, 7) is 8.19. The summed E-state index contributed by atoms with van der Waals surface area (Å²) in [6, 6.07) is 32.1. The fourth-order valence-corrected chi connectivity index (χ4v) is 6.61. The molecule has 184 valence electrons. The van der Waals surface area contributed by atoms with E-state index in [1.54, 1.807) is 0 Å². The molecular formula is C33H42N2. The van der Waals surface area contributed by atoms with Crippen molar-refractivity contribution >= 4 is 0 Å². The first-order chi connectivity index (χ1) is 17.2. The molecule has 3 aromatic rings. The summed E-state index contributed by atoms with van der Waals surface area (Å²) in [5.74, 6) is 0. The number of hydrogen-bond acceptors (Lipinski definition) is 2. The largest absolute Gasteiger partial charge is 0.298 e. The molecule has 0 bridgehead atoms. The quantitative estimate of drug-likeness (QED) is 0.349. The van der Waals surface area contributed by atoms with Crippen molar-refractivity contribution < 1.29 is 0 Å². The van der Waals surface area contributed by atoms with Crippen LogP contribution in [0.5, 0.6) is 0 Å². The van der Waals surface area contributed by atoms with Gasteiger partial charge in [-0.05, 0) is 73.1 Å². The normalized spacial score (nSPS) is 21.5. The molecular weight excluding hydrogens is 424 g/mol. The van der Waals surface area contributed by atoms with Crippen molar-refractivity contribution in [3.63, 3.8) is 0 Å². The van der Waals surface area contributed by atoms with E-state index in [0.29, 0.717) is 5.41 Å². The van der Waals surface area contributed by atoms with Crippen molar-refractivity contribution in [2.45, 2.75) is 64.5 Å². The van der Waals surface area contributed by atoms with E-state index in [4.69, 9.17) is 0 Å². The molecule has 3 aromatic carbocycles. The zero-order valence-corrected chi connectivity index (χ0v) is 21.5. The molecule has 35 heavy (non-hydrogen) atoms. The molecule has 2 fully saturated rings. The van der Waals surface area contributed by atoms with E-state index in [-0.39, 0.29) is 0 Å². The molecule has 5 rings (SSSR count). The third-order valence-electron chi connectivity index (χ3n) is 8.67. The molecule has 1 aliphatic heterocycles. The maximum absolute atomic E-state index is 2.83. The minimum absolute atomic E-state index is 0.379. The van der Waals surface area contributed by atoms with Gasteiger partial charge in [0.25, 0.3) is 0 Å². The molecule has 2 heteroatoms. The number of aryl methyl sites for hydroxylation is 1. The van der Waals surface area contributed by atoms with Gasteiger partial charge in [0.2, 0.25) is 0 Å². The van der Waals surface area contributed by atoms with Crippen LogP contribution in [0.2, 0.25) is 0 Å². The zero-order valence-electron chi connectivity index (χ0n) is 21.5. The lowest BCUT2D eigenvalue weighted by Gasteiger charge is -2.40. The highest BCUT2D eigenvalue weighted by Gasteiger charge is 2.35. The SMILES string of the molecule is Cc1ccccc1CN1CCN(C2CCCC(Cc3ccccc3)(Cc3ccccc3)CC2)CC1. The van der Waals surface area contributed by atoms with Crippen LogP contribution in [0, 0.1) is 12.3 Å². The second kappa shape index (κ2) is 11.5. The highest BCUT2D eigenvalue weighted by atomic mass is 15.3. The van der Waals surface area contributed by atoms with E-state index < -0.39 is 0 Å². The Hall–Kier alpha value is -2.42. The smallest absolute Gasteiger partial charge is 0.0237 e. The Morgan fingerprint density at radius 2 is 1.29 bits per heavy atom. The third kappa shape index (κ3) is 6.42. The second-order valence-corrected chi connectivity index (χ2v) is 11.1. The minimum Gasteiger partial charge on any atom is -0.298 e. The molecule has 1 saturated heterocycles. The Labute approximate surface area is 213 Å². The Morgan fingerprint density at radius 3 is 1.91 bits per heavy atom. The van der Waals surface area contributed by atoms with Crippen molar-refractivity contribution in [2.24, 2.45) is 5.41 Å². The van der Waals surface area contributed by atoms with Crippen molar-refractivity contribution in [3.05, 3.63) is 107 Å². The summed E-state index contributed by atoms with van der Waals surface area (Å²) < 4.78 is 0. The van der Waals surface area contributed by atoms with E-state index >= 15 is 0 Å². The number of nitrogens with zero attached hydrogens (tertiary/aromatic N) is 2. The maximum Gasteiger partial charge on any atom is 0.0237 e. The number of hydrogen-bond donors (Lipinski definition) is 0. The zero-order chi connectivity index (χ0) is 23.9. The lowest BCUT2D eigenvalue weighted by atomic mass is 9.71. The van der Waals surface area contributed by atoms with E-state index in [0.717, 1.165) is 12.6 Å². The van der Waals surface area contributed by atoms with Crippen LogP contribution >= 0.6 is 0 Å². The summed E-state index contributed by atoms with van der Waals surface area (Å²) in [5.41, 5.74) is 6.30. The summed E-state index contributed by atoms with van der Waals surface area (Å²) in [4.78, 5) is 5.49. The standard InChI is InChI=1S/C33H42N2/c1-28-11-8-9-16-31(28)27-34-21-23-35(24-22-34)32-17-10-19-33(20-18-32,25-29-12-4-2-5-13-29)26-30-14-6-3-7-15-30/h2-9,11-16,32H,10,17-27H2,1H3. The van der Waals surface area contributed by atoms with Gasteiger partial charge >= 0.3 is 0 Å². The summed E-state index contributed by atoms with van der Waals surface area (Å²) in [7, 11) is 0. The van der Waals surface area contributed by atoms with Crippen LogP contribution in [0.1, 0.15) is 54.4 Å². The Balaban J connectivity index is 1.22. The van der Waals surface area contributed by atoms with E-state index in [9.17, 15) is 0 Å². The van der Waals surface area contributed by atoms with Crippen LogP contribution in [0.15, 0.2) is 84.9 Å². The molecule has 0 aromatic heterocycles. The van der Waals surface area contributed by atoms with Gasteiger partial charge in [-0.1, -0.05) is 91.3 Å². The highest BCUT2D eigenvalue weighted by molar-refractivity contribution is 5.25. The van der Waals surface area contributed by atoms with Gasteiger partial charge in [0.1, 0.15) is 0 Å². The average molecular weight is 467 g/mol. The highest BCUT2D eigenvalue weighted by Crippen LogP contribution is 2.42. The summed E-state index contributed by atoms with van der Waals surface area (Å²) in [6.07, 6.45) is 9.17. The molecule has 1 atom stereocenters. The van der Waals surface area contributed by atoms with Crippen LogP contribution in [0.4, 0.5) is 0 Å². The van der Waals surface area contributed by atoms with Crippen molar-refractivity contribution in [1.29, 1.82) is 0 Å². The molecule has 1 unspecified atom stereocenters. The van der Waals surface area contributed by atoms with Crippen LogP contribution in [0.25, 0.3) is 0 Å². The summed E-state index contributed by atoms with van der Waals surface area (Å²) in [5, 5.41) is 0. The predicted molar refractivity (Wildman–Crippen MR) is 148 cm³/mol. The van der Waals surface area contributed by atoms with Gasteiger partial charge in [-0.2, -0.15) is 0 Å². The predicted octanol–water partition coefficient (Wildman–Crippen LogP) is 6.92. The van der Waals surface area contributed by atoms with Crippen LogP contribution < -0.4 is 0 Å². The molecule has 0 N–H and O–H groups in total. The van der Waals surface area contributed by atoms with Gasteiger partial charge in [0, 0.05) is 38.8 Å². The summed E-state index contributed by atoms with van der Waals surface area (Å²) >= 11 is 0. The van der Waals surface area contributed by atoms with Crippen molar-refractivity contribution in [1.82, 2.24) is 9.80 Å². The molecule has 0 spiro atoms. The topological polar surface area (TPSA) is 6.48 Å². The van der Waals surface area contributed by atoms with Crippen LogP contribution in [0.3, 0.4) is 0 Å². The first kappa shape index (κ1) is 24.3. The molecule has 1 saturated carbocycles. The van der Waals surface area contributed by atoms with Gasteiger partial charge in [-0.15, -0.1) is 0 Å². The molecule has 1 heterocycles. The lowest BCUT2D eigenvalue weighted by molar-refractivity contribution is 0.0830. The fourth-order valence-electron chi connectivity index (χ4n) is 6.61. The Bertz CT molecular complexity index is 995. The van der Waals surface area contributed by atoms with Gasteiger partial charge in [0.15, 0.2) is 0 Å². The Kier molecular flexibility index (Phi) is 8.01. The van der Waals surface area contributed by atoms with Crippen LogP contribution in [-0.4, -0.2) is 42.0 Å². The minimum atomic E-state index is 0.379. The van der Waals surface area contributed by atoms with Crippen molar-refractivity contribution in [3.8, 4) is 0 Å². The number of rotatable bonds is 7. The van der Waals surface area contributed by atoms with Crippen LogP contribution in [-0.2, 0) is 19.4 Å². The van der Waals surface area contributed by atoms with Gasteiger partial charge in [-0.25, -0.2) is 0 Å². The van der Waals surface area contributed by atoms with Gasteiger partial charge < -0.3 is 0 Å². The van der Waals surface area contributed by atoms with E-state index in [2.05, 4.69) is 102 Å². The lowest BCUT2D eigenvalue weighted by Crippen LogP contribution is -2.50. The molecule has 0 radical (unpaired) electrons. The van der Waals surface area contributed by atoms with E-state index in [1.165, 1.54) is 93.4 Å². The number of benzene rings is 3. The maximum atomic E-state index is 2.83. The molecule has 0 amide bonds. The monoisotopic (exact) mass is 466 g/mol. The molecule has 2 aliphatic rings. The third-order valence-corrected chi connectivity index (χ3v) is 8.67. The van der Waals surface area contributed by atoms with E-state index in [1.807, 2.05) is 0 Å².